The zero-order chi connectivity index (χ0) is 33.4. The van der Waals surface area contributed by atoms with Gasteiger partial charge in [-0.3, -0.25) is 15.2 Å². The molecule has 2 aliphatic heterocycles. The number of likely N-dealkylation sites (tertiary alicyclic amines) is 2. The number of ether oxygens (including phenoxy) is 2. The van der Waals surface area contributed by atoms with Gasteiger partial charge in [-0.15, -0.1) is 12.4 Å². The molecule has 17 heteroatoms. The van der Waals surface area contributed by atoms with Crippen LogP contribution in [0.4, 0.5) is 11.4 Å². The predicted octanol–water partition coefficient (Wildman–Crippen LogP) is 6.99. The third kappa shape index (κ3) is 24.3. The summed E-state index contributed by atoms with van der Waals surface area (Å²) in [5.41, 5.74) is 12.4. The van der Waals surface area contributed by atoms with E-state index in [4.69, 9.17) is 38.6 Å². The van der Waals surface area contributed by atoms with Crippen molar-refractivity contribution in [2.75, 3.05) is 69.3 Å². The third-order valence-electron chi connectivity index (χ3n) is 6.67. The number of benzene rings is 2. The third-order valence-corrected chi connectivity index (χ3v) is 8.23. The number of hydrogen-bond acceptors (Lipinski definition) is 10. The maximum absolute atomic E-state index is 6.64. The fourth-order valence-corrected chi connectivity index (χ4v) is 5.63. The molecule has 0 bridgehead atoms. The zero-order valence-electron chi connectivity index (χ0n) is 28.7. The first-order chi connectivity index (χ1) is 22.3. The molecule has 2 saturated heterocycles. The fraction of sp³-hybridized carbons (Fsp3) is 0.500. The smallest absolute Gasteiger partial charge is 0.199 e. The van der Waals surface area contributed by atoms with Crippen LogP contribution < -0.4 is 26.3 Å². The van der Waals surface area contributed by atoms with Crippen LogP contribution in [0.1, 0.15) is 39.5 Å². The summed E-state index contributed by atoms with van der Waals surface area (Å²) in [6.45, 7) is 12.3. The number of thioether (sulfide) groups is 2. The molecule has 4 rings (SSSR count). The van der Waals surface area contributed by atoms with Crippen LogP contribution >= 0.6 is 80.2 Å². The minimum atomic E-state index is 0. The van der Waals surface area contributed by atoms with Crippen LogP contribution in [0.15, 0.2) is 58.5 Å². The number of thiocarbonyl (C=S) groups is 2. The molecule has 6 N–H and O–H groups in total. The Balaban J connectivity index is 0. The quantitative estimate of drug-likeness (QED) is 0.0765. The van der Waals surface area contributed by atoms with Gasteiger partial charge in [0.2, 0.25) is 0 Å². The number of anilines is 1. The van der Waals surface area contributed by atoms with Crippen molar-refractivity contribution in [2.45, 2.75) is 39.5 Å². The standard InChI is InChI=1S/C16H24N4OS2.C13H16N2OS.C3H8N2S.ClH.2H3P/c1-2-23-15(17)19-16(22)18-13-5-7-14(8-6-13)21-12-11-20-9-3-4-10-20;17-11-14-12-3-5-13(6-4-12)16-10-9-15-7-1-2-8-15;1-2-6-3(4)5;;;/h5-8H,2-4,9-12H2,1H3,(H3,17,18,19,22);3-6H,1-2,7-10H2;2H2,1H3,(H3,4,5);1H;2*1H3. The molecule has 10 nitrogen and oxygen atoms in total. The molecule has 0 spiro atoms. The first kappa shape index (κ1) is 49.6. The number of aliphatic imine (C=N–C) groups is 2. The van der Waals surface area contributed by atoms with Crippen molar-refractivity contribution in [3.8, 4) is 11.5 Å². The van der Waals surface area contributed by atoms with Gasteiger partial charge >= 0.3 is 0 Å². The van der Waals surface area contributed by atoms with E-state index >= 15 is 0 Å². The van der Waals surface area contributed by atoms with Gasteiger partial charge in [0, 0.05) is 18.8 Å². The van der Waals surface area contributed by atoms with Gasteiger partial charge in [0.1, 0.15) is 24.7 Å². The lowest BCUT2D eigenvalue weighted by molar-refractivity contribution is 0.237. The number of nitrogens with zero attached hydrogens (tertiary/aromatic N) is 4. The Morgan fingerprint density at radius 1 is 0.837 bits per heavy atom. The Bertz CT molecular complexity index is 1250. The van der Waals surface area contributed by atoms with E-state index in [1.165, 1.54) is 75.4 Å². The van der Waals surface area contributed by atoms with Crippen LogP contribution in [0.3, 0.4) is 0 Å². The molecular formula is C32H55ClN8O2P2S4. The molecule has 2 fully saturated rings. The summed E-state index contributed by atoms with van der Waals surface area (Å²) in [5, 5.41) is 13.1. The molecular weight excluding hydrogens is 754 g/mol. The minimum absolute atomic E-state index is 0. The van der Waals surface area contributed by atoms with Crippen LogP contribution in [-0.4, -0.2) is 94.4 Å². The van der Waals surface area contributed by atoms with Crippen molar-refractivity contribution in [3.05, 3.63) is 48.5 Å². The summed E-state index contributed by atoms with van der Waals surface area (Å²) in [5.74, 6) is 3.52. The summed E-state index contributed by atoms with van der Waals surface area (Å²) >= 11 is 12.5. The monoisotopic (exact) mass is 808 g/mol. The first-order valence-corrected chi connectivity index (χ1v) is 18.3. The van der Waals surface area contributed by atoms with E-state index in [1.807, 2.05) is 62.4 Å². The molecule has 0 amide bonds. The lowest BCUT2D eigenvalue weighted by Gasteiger charge is -2.15. The average Bonchev–Trinajstić information content (AvgIpc) is 3.75. The summed E-state index contributed by atoms with van der Waals surface area (Å²) in [4.78, 5) is 12.9. The van der Waals surface area contributed by atoms with E-state index in [2.05, 4.69) is 42.5 Å². The topological polar surface area (TPSA) is 138 Å². The maximum Gasteiger partial charge on any atom is 0.199 e. The van der Waals surface area contributed by atoms with E-state index < -0.39 is 0 Å². The Hall–Kier alpha value is -1.56. The van der Waals surface area contributed by atoms with E-state index in [0.29, 0.717) is 10.3 Å². The summed E-state index contributed by atoms with van der Waals surface area (Å²) < 4.78 is 11.4. The lowest BCUT2D eigenvalue weighted by atomic mass is 10.3. The van der Waals surface area contributed by atoms with Crippen LogP contribution in [0.2, 0.25) is 0 Å². The Morgan fingerprint density at radius 3 is 1.67 bits per heavy atom. The largest absolute Gasteiger partial charge is 0.492 e. The van der Waals surface area contributed by atoms with Crippen molar-refractivity contribution >= 4 is 112 Å². The molecule has 49 heavy (non-hydrogen) atoms. The van der Waals surface area contributed by atoms with Gasteiger partial charge in [0.05, 0.1) is 10.8 Å². The second kappa shape index (κ2) is 31.2. The molecule has 276 valence electrons. The molecule has 0 aromatic heterocycles. The van der Waals surface area contributed by atoms with Crippen LogP contribution in [0, 0.1) is 5.41 Å². The summed E-state index contributed by atoms with van der Waals surface area (Å²) in [6, 6.07) is 15.3. The van der Waals surface area contributed by atoms with Gasteiger partial charge in [-0.2, -0.15) is 29.8 Å². The van der Waals surface area contributed by atoms with E-state index in [9.17, 15) is 0 Å². The van der Waals surface area contributed by atoms with Crippen LogP contribution in [0.25, 0.3) is 0 Å². The van der Waals surface area contributed by atoms with E-state index in [1.54, 1.807) is 0 Å². The van der Waals surface area contributed by atoms with Crippen molar-refractivity contribution in [2.24, 2.45) is 21.5 Å². The molecule has 2 atom stereocenters. The Kier molecular flexibility index (Phi) is 31.5. The number of hydrogen-bond donors (Lipinski definition) is 4. The lowest BCUT2D eigenvalue weighted by Crippen LogP contribution is -2.25. The first-order valence-electron chi connectivity index (χ1n) is 15.6. The number of rotatable bonds is 12. The second-order valence-corrected chi connectivity index (χ2v) is 13.3. The summed E-state index contributed by atoms with van der Waals surface area (Å²) in [6.07, 6.45) is 5.27. The predicted molar refractivity (Wildman–Crippen MR) is 235 cm³/mol. The number of amidine groups is 2. The number of isothiocyanates is 1. The molecule has 0 saturated carbocycles. The van der Waals surface area contributed by atoms with Gasteiger partial charge in [0.25, 0.3) is 0 Å². The van der Waals surface area contributed by atoms with Crippen LogP contribution in [0.5, 0.6) is 11.5 Å². The van der Waals surface area contributed by atoms with Gasteiger partial charge in [-0.05, 0) is 136 Å². The van der Waals surface area contributed by atoms with Crippen molar-refractivity contribution in [3.63, 3.8) is 0 Å². The van der Waals surface area contributed by atoms with Gasteiger partial charge in [-0.25, -0.2) is 0 Å². The fourth-order valence-electron chi connectivity index (χ4n) is 4.49. The molecule has 0 radical (unpaired) electrons. The highest BCUT2D eigenvalue weighted by atomic mass is 35.5. The Labute approximate surface area is 325 Å². The molecule has 2 heterocycles. The maximum atomic E-state index is 6.64. The SMILES string of the molecule is CCSC(=N)N.CCSC(N)=NC(=S)Nc1ccc(OCCN2CCCC2)cc1.Cl.P.P.S=C=Nc1ccc(OCCN2CCCC2)cc1. The Morgan fingerprint density at radius 2 is 1.29 bits per heavy atom. The summed E-state index contributed by atoms with van der Waals surface area (Å²) in [7, 11) is 0. The highest BCUT2D eigenvalue weighted by Crippen LogP contribution is 2.18. The van der Waals surface area contributed by atoms with Crippen molar-refractivity contribution < 1.29 is 9.47 Å². The van der Waals surface area contributed by atoms with Gasteiger partial charge < -0.3 is 26.3 Å². The zero-order valence-corrected chi connectivity index (χ0v) is 35.6. The normalized spacial score (nSPS) is 13.7. The molecule has 2 aromatic carbocycles. The van der Waals surface area contributed by atoms with Gasteiger partial charge in [0.15, 0.2) is 15.4 Å². The van der Waals surface area contributed by atoms with Crippen molar-refractivity contribution in [1.82, 2.24) is 9.80 Å². The highest BCUT2D eigenvalue weighted by molar-refractivity contribution is 8.14. The molecule has 0 aliphatic carbocycles. The van der Waals surface area contributed by atoms with E-state index in [-0.39, 0.29) is 37.4 Å². The number of nitrogens with one attached hydrogen (secondary N) is 2. The minimum Gasteiger partial charge on any atom is -0.492 e. The second-order valence-electron chi connectivity index (χ2n) is 10.1. The molecule has 2 aliphatic rings. The number of halogens is 1. The van der Waals surface area contributed by atoms with E-state index in [0.717, 1.165) is 60.7 Å². The van der Waals surface area contributed by atoms with Gasteiger partial charge in [-0.1, -0.05) is 37.4 Å². The van der Waals surface area contributed by atoms with Crippen LogP contribution in [-0.2, 0) is 0 Å². The molecule has 2 aromatic rings. The average molecular weight is 810 g/mol. The highest BCUT2D eigenvalue weighted by Gasteiger charge is 2.11. The van der Waals surface area contributed by atoms with Crippen molar-refractivity contribution in [1.29, 1.82) is 5.41 Å². The number of nitrogens with two attached hydrogens (primary N) is 2. The molecule has 2 unspecified atom stereocenters.